The van der Waals surface area contributed by atoms with Crippen LogP contribution in [0.15, 0.2) is 65.2 Å². The molecule has 2 amide bonds. The smallest absolute Gasteiger partial charge is 0.259 e. The molecule has 4 aromatic rings. The molecule has 1 saturated heterocycles. The maximum Gasteiger partial charge on any atom is 0.259 e. The largest absolute Gasteiger partial charge is 0.376 e. The van der Waals surface area contributed by atoms with E-state index in [9.17, 15) is 9.59 Å². The molecular formula is C26H24N4O4. The first kappa shape index (κ1) is 21.8. The third-order valence-electron chi connectivity index (χ3n) is 5.87. The SMILES string of the molecule is Cc1noc2nc(-c3ccccc3)cc(C(=O)Nc3ccccc3C(=O)NCC3CCCO3)c12. The van der Waals surface area contributed by atoms with Crippen LogP contribution in [0.3, 0.4) is 0 Å². The molecule has 0 saturated carbocycles. The molecule has 0 aliphatic carbocycles. The zero-order valence-corrected chi connectivity index (χ0v) is 18.7. The molecule has 8 heteroatoms. The van der Waals surface area contributed by atoms with E-state index in [2.05, 4.69) is 20.8 Å². The second-order valence-electron chi connectivity index (χ2n) is 8.21. The number of nitrogens with zero attached hydrogens (tertiary/aromatic N) is 2. The van der Waals surface area contributed by atoms with Crippen LogP contribution in [0.2, 0.25) is 0 Å². The lowest BCUT2D eigenvalue weighted by atomic mass is 10.0. The molecule has 8 nitrogen and oxygen atoms in total. The molecule has 0 radical (unpaired) electrons. The Morgan fingerprint density at radius 1 is 1.03 bits per heavy atom. The molecule has 2 N–H and O–H groups in total. The number of benzene rings is 2. The highest BCUT2D eigenvalue weighted by molar-refractivity contribution is 6.15. The van der Waals surface area contributed by atoms with Gasteiger partial charge in [-0.1, -0.05) is 47.6 Å². The van der Waals surface area contributed by atoms with Gasteiger partial charge < -0.3 is 19.9 Å². The highest BCUT2D eigenvalue weighted by Gasteiger charge is 2.22. The number of para-hydroxylation sites is 1. The summed E-state index contributed by atoms with van der Waals surface area (Å²) in [4.78, 5) is 30.8. The third-order valence-corrected chi connectivity index (χ3v) is 5.87. The monoisotopic (exact) mass is 456 g/mol. The van der Waals surface area contributed by atoms with E-state index in [1.807, 2.05) is 30.3 Å². The van der Waals surface area contributed by atoms with Crippen LogP contribution in [0.5, 0.6) is 0 Å². The van der Waals surface area contributed by atoms with Gasteiger partial charge in [0.25, 0.3) is 17.5 Å². The van der Waals surface area contributed by atoms with Gasteiger partial charge in [0.2, 0.25) is 0 Å². The Morgan fingerprint density at radius 2 is 1.82 bits per heavy atom. The number of aromatic nitrogens is 2. The Kier molecular flexibility index (Phi) is 6.05. The topological polar surface area (TPSA) is 106 Å². The molecule has 0 spiro atoms. The third kappa shape index (κ3) is 4.40. The minimum absolute atomic E-state index is 0.0313. The number of fused-ring (bicyclic) bond motifs is 1. The van der Waals surface area contributed by atoms with Crippen LogP contribution >= 0.6 is 0 Å². The normalized spacial score (nSPS) is 15.4. The maximum atomic E-state index is 13.4. The Labute approximate surface area is 196 Å². The van der Waals surface area contributed by atoms with Gasteiger partial charge in [-0.25, -0.2) is 4.98 Å². The zero-order chi connectivity index (χ0) is 23.5. The van der Waals surface area contributed by atoms with Crippen molar-refractivity contribution in [2.45, 2.75) is 25.9 Å². The van der Waals surface area contributed by atoms with Gasteiger partial charge in [-0.2, -0.15) is 0 Å². The van der Waals surface area contributed by atoms with Gasteiger partial charge in [0.05, 0.1) is 39.7 Å². The fourth-order valence-electron chi connectivity index (χ4n) is 4.12. The van der Waals surface area contributed by atoms with Crippen molar-refractivity contribution >= 4 is 28.6 Å². The fourth-order valence-corrected chi connectivity index (χ4v) is 4.12. The Balaban J connectivity index is 1.44. The average molecular weight is 457 g/mol. The van der Waals surface area contributed by atoms with Gasteiger partial charge >= 0.3 is 0 Å². The van der Waals surface area contributed by atoms with Crippen molar-refractivity contribution in [1.82, 2.24) is 15.5 Å². The summed E-state index contributed by atoms with van der Waals surface area (Å²) in [6, 6.07) is 18.2. The molecule has 3 heterocycles. The van der Waals surface area contributed by atoms with Crippen molar-refractivity contribution in [2.75, 3.05) is 18.5 Å². The molecule has 5 rings (SSSR count). The first-order valence-corrected chi connectivity index (χ1v) is 11.2. The fraction of sp³-hybridized carbons (Fsp3) is 0.231. The number of aryl methyl sites for hydroxylation is 1. The first-order valence-electron chi connectivity index (χ1n) is 11.2. The molecule has 1 aliphatic heterocycles. The second-order valence-corrected chi connectivity index (χ2v) is 8.21. The van der Waals surface area contributed by atoms with E-state index in [4.69, 9.17) is 9.26 Å². The standard InChI is InChI=1S/C26H24N4O4/c1-16-23-20(14-22(29-26(23)34-30-16)17-8-3-2-4-9-17)25(32)28-21-12-6-5-11-19(21)24(31)27-15-18-10-7-13-33-18/h2-6,8-9,11-12,14,18H,7,10,13,15H2,1H3,(H,27,31)(H,28,32). The number of rotatable bonds is 6. The number of anilines is 1. The summed E-state index contributed by atoms with van der Waals surface area (Å²) < 4.78 is 11.0. The van der Waals surface area contributed by atoms with E-state index in [0.717, 1.165) is 25.0 Å². The van der Waals surface area contributed by atoms with Crippen LogP contribution in [0, 0.1) is 6.92 Å². The van der Waals surface area contributed by atoms with Crippen molar-refractivity contribution in [2.24, 2.45) is 0 Å². The van der Waals surface area contributed by atoms with E-state index in [-0.39, 0.29) is 23.6 Å². The van der Waals surface area contributed by atoms with Crippen LogP contribution in [0.1, 0.15) is 39.3 Å². The van der Waals surface area contributed by atoms with Crippen molar-refractivity contribution in [1.29, 1.82) is 0 Å². The molecule has 1 atom stereocenters. The second kappa shape index (κ2) is 9.44. The Bertz CT molecular complexity index is 1340. The number of pyridine rings is 1. The quantitative estimate of drug-likeness (QED) is 0.447. The molecule has 2 aromatic heterocycles. The van der Waals surface area contributed by atoms with E-state index in [0.29, 0.717) is 40.1 Å². The summed E-state index contributed by atoms with van der Waals surface area (Å²) in [5.41, 5.74) is 3.46. The average Bonchev–Trinajstić information content (AvgIpc) is 3.53. The van der Waals surface area contributed by atoms with Crippen LogP contribution in [-0.2, 0) is 4.74 Å². The minimum atomic E-state index is -0.379. The van der Waals surface area contributed by atoms with Gasteiger partial charge in [0.15, 0.2) is 0 Å². The van der Waals surface area contributed by atoms with E-state index in [1.54, 1.807) is 37.3 Å². The molecule has 2 aromatic carbocycles. The van der Waals surface area contributed by atoms with Crippen LogP contribution < -0.4 is 10.6 Å². The van der Waals surface area contributed by atoms with Crippen LogP contribution in [0.4, 0.5) is 5.69 Å². The van der Waals surface area contributed by atoms with Gasteiger partial charge in [0, 0.05) is 18.7 Å². The van der Waals surface area contributed by atoms with Crippen molar-refractivity contribution in [3.63, 3.8) is 0 Å². The summed E-state index contributed by atoms with van der Waals surface area (Å²) in [6.07, 6.45) is 1.96. The Morgan fingerprint density at radius 3 is 2.62 bits per heavy atom. The molecule has 34 heavy (non-hydrogen) atoms. The van der Waals surface area contributed by atoms with Gasteiger partial charge in [-0.15, -0.1) is 0 Å². The number of hydrogen-bond donors (Lipinski definition) is 2. The summed E-state index contributed by atoms with van der Waals surface area (Å²) in [7, 11) is 0. The number of carbonyl (C=O) groups is 2. The van der Waals surface area contributed by atoms with Crippen molar-refractivity contribution < 1.29 is 18.8 Å². The van der Waals surface area contributed by atoms with Gasteiger partial charge in [0.1, 0.15) is 0 Å². The molecule has 1 fully saturated rings. The molecule has 172 valence electrons. The summed E-state index contributed by atoms with van der Waals surface area (Å²) >= 11 is 0. The molecule has 1 aliphatic rings. The maximum absolute atomic E-state index is 13.4. The van der Waals surface area contributed by atoms with E-state index < -0.39 is 0 Å². The number of carbonyl (C=O) groups excluding carboxylic acids is 2. The lowest BCUT2D eigenvalue weighted by Gasteiger charge is -2.14. The first-order chi connectivity index (χ1) is 16.6. The predicted octanol–water partition coefficient (Wildman–Crippen LogP) is 4.36. The zero-order valence-electron chi connectivity index (χ0n) is 18.7. The minimum Gasteiger partial charge on any atom is -0.376 e. The number of nitrogens with one attached hydrogen (secondary N) is 2. The van der Waals surface area contributed by atoms with E-state index in [1.165, 1.54) is 0 Å². The molecular weight excluding hydrogens is 432 g/mol. The number of hydrogen-bond acceptors (Lipinski definition) is 6. The van der Waals surface area contributed by atoms with Crippen molar-refractivity contribution in [3.8, 4) is 11.3 Å². The van der Waals surface area contributed by atoms with E-state index >= 15 is 0 Å². The number of ether oxygens (including phenoxy) is 1. The van der Waals surface area contributed by atoms with Gasteiger partial charge in [-0.05, 0) is 38.0 Å². The lowest BCUT2D eigenvalue weighted by molar-refractivity contribution is 0.0858. The highest BCUT2D eigenvalue weighted by atomic mass is 16.5. The van der Waals surface area contributed by atoms with Crippen LogP contribution in [0.25, 0.3) is 22.4 Å². The summed E-state index contributed by atoms with van der Waals surface area (Å²) in [6.45, 7) is 2.92. The highest BCUT2D eigenvalue weighted by Crippen LogP contribution is 2.28. The van der Waals surface area contributed by atoms with Crippen molar-refractivity contribution in [3.05, 3.63) is 77.5 Å². The predicted molar refractivity (Wildman–Crippen MR) is 128 cm³/mol. The summed E-state index contributed by atoms with van der Waals surface area (Å²) in [5, 5.41) is 10.3. The van der Waals surface area contributed by atoms with Crippen LogP contribution in [-0.4, -0.2) is 41.2 Å². The molecule has 1 unspecified atom stereocenters. The molecule has 0 bridgehead atoms. The number of amides is 2. The Hall–Kier alpha value is -4.04. The summed E-state index contributed by atoms with van der Waals surface area (Å²) in [5.74, 6) is -0.646. The van der Waals surface area contributed by atoms with Gasteiger partial charge in [-0.3, -0.25) is 9.59 Å². The lowest BCUT2D eigenvalue weighted by Crippen LogP contribution is -2.32.